The zero-order valence-electron chi connectivity index (χ0n) is 11.7. The molecule has 0 aliphatic rings. The minimum Gasteiger partial charge on any atom is -0.493 e. The van der Waals surface area contributed by atoms with E-state index in [2.05, 4.69) is 21.2 Å². The molecule has 1 rings (SSSR count). The van der Waals surface area contributed by atoms with Gasteiger partial charge in [-0.2, -0.15) is 0 Å². The van der Waals surface area contributed by atoms with Gasteiger partial charge in [0.2, 0.25) is 0 Å². The first kappa shape index (κ1) is 16.3. The molecule has 1 unspecified atom stereocenters. The largest absolute Gasteiger partial charge is 0.493 e. The average Bonchev–Trinajstić information content (AvgIpc) is 2.41. The lowest BCUT2D eigenvalue weighted by molar-refractivity contribution is 0.233. The van der Waals surface area contributed by atoms with Crippen molar-refractivity contribution in [3.05, 3.63) is 22.2 Å². The Morgan fingerprint density at radius 1 is 1.42 bits per heavy atom. The molecule has 0 fully saturated rings. The van der Waals surface area contributed by atoms with E-state index in [-0.39, 0.29) is 12.5 Å². The van der Waals surface area contributed by atoms with Gasteiger partial charge in [-0.05, 0) is 46.5 Å². The van der Waals surface area contributed by atoms with Crippen LogP contribution in [0.4, 0.5) is 0 Å². The lowest BCUT2D eigenvalue weighted by Crippen LogP contribution is -2.22. The highest BCUT2D eigenvalue weighted by Gasteiger charge is 2.11. The highest BCUT2D eigenvalue weighted by atomic mass is 79.9. The van der Waals surface area contributed by atoms with Crippen LogP contribution in [0.25, 0.3) is 0 Å². The van der Waals surface area contributed by atoms with Gasteiger partial charge in [0.05, 0.1) is 18.2 Å². The zero-order chi connectivity index (χ0) is 14.3. The first-order valence-corrected chi connectivity index (χ1v) is 7.22. The Balaban J connectivity index is 2.72. The summed E-state index contributed by atoms with van der Waals surface area (Å²) in [5, 5.41) is 12.3. The molecule has 2 N–H and O–H groups in total. The van der Waals surface area contributed by atoms with Crippen LogP contribution in [0.2, 0.25) is 0 Å². The maximum Gasteiger partial charge on any atom is 0.175 e. The van der Waals surface area contributed by atoms with Crippen molar-refractivity contribution in [2.45, 2.75) is 20.4 Å². The van der Waals surface area contributed by atoms with Gasteiger partial charge in [0, 0.05) is 19.7 Å². The minimum atomic E-state index is 0.198. The highest BCUT2D eigenvalue weighted by Crippen LogP contribution is 2.36. The third kappa shape index (κ3) is 5.01. The van der Waals surface area contributed by atoms with Crippen molar-refractivity contribution in [2.75, 3.05) is 26.9 Å². The lowest BCUT2D eigenvalue weighted by atomic mass is 10.1. The quantitative estimate of drug-likeness (QED) is 0.768. The number of hydrogen-bond donors (Lipinski definition) is 2. The van der Waals surface area contributed by atoms with Gasteiger partial charge in [0.15, 0.2) is 11.5 Å². The molecule has 108 valence electrons. The molecule has 1 atom stereocenters. The van der Waals surface area contributed by atoms with E-state index in [0.717, 1.165) is 34.6 Å². The van der Waals surface area contributed by atoms with E-state index in [1.807, 2.05) is 26.0 Å². The second kappa shape index (κ2) is 8.40. The van der Waals surface area contributed by atoms with Gasteiger partial charge in [-0.15, -0.1) is 0 Å². The van der Waals surface area contributed by atoms with Crippen molar-refractivity contribution in [3.63, 3.8) is 0 Å². The molecule has 0 spiro atoms. The summed E-state index contributed by atoms with van der Waals surface area (Å²) in [5.74, 6) is 1.72. The molecule has 19 heavy (non-hydrogen) atoms. The van der Waals surface area contributed by atoms with Crippen LogP contribution in [0.15, 0.2) is 16.6 Å². The summed E-state index contributed by atoms with van der Waals surface area (Å²) in [7, 11) is 1.63. The fraction of sp³-hybridized carbons (Fsp3) is 0.571. The van der Waals surface area contributed by atoms with Crippen LogP contribution in [0.1, 0.15) is 19.4 Å². The SMILES string of the molecule is CCOc1c(Br)cc(CNCC(C)CO)cc1OC. The smallest absolute Gasteiger partial charge is 0.175 e. The standard InChI is InChI=1S/C14H22BrNO3/c1-4-19-14-12(15)5-11(6-13(14)18-3)8-16-7-10(2)9-17/h5-6,10,16-17H,4,7-9H2,1-3H3. The van der Waals surface area contributed by atoms with E-state index in [0.29, 0.717) is 6.61 Å². The van der Waals surface area contributed by atoms with Gasteiger partial charge in [0.1, 0.15) is 0 Å². The number of aliphatic hydroxyl groups is 1. The molecule has 0 aliphatic carbocycles. The van der Waals surface area contributed by atoms with Crippen molar-refractivity contribution in [2.24, 2.45) is 5.92 Å². The maximum atomic E-state index is 8.97. The first-order chi connectivity index (χ1) is 9.12. The van der Waals surface area contributed by atoms with E-state index in [1.165, 1.54) is 0 Å². The summed E-state index contributed by atoms with van der Waals surface area (Å²) in [6, 6.07) is 3.98. The topological polar surface area (TPSA) is 50.7 Å². The number of hydrogen-bond acceptors (Lipinski definition) is 4. The maximum absolute atomic E-state index is 8.97. The van der Waals surface area contributed by atoms with Gasteiger partial charge in [0.25, 0.3) is 0 Å². The van der Waals surface area contributed by atoms with Gasteiger partial charge < -0.3 is 19.9 Å². The molecular weight excluding hydrogens is 310 g/mol. The van der Waals surface area contributed by atoms with Crippen LogP contribution >= 0.6 is 15.9 Å². The van der Waals surface area contributed by atoms with E-state index >= 15 is 0 Å². The molecule has 0 aromatic heterocycles. The zero-order valence-corrected chi connectivity index (χ0v) is 13.3. The Morgan fingerprint density at radius 2 is 2.16 bits per heavy atom. The monoisotopic (exact) mass is 331 g/mol. The molecule has 0 amide bonds. The van der Waals surface area contributed by atoms with Gasteiger partial charge in [-0.3, -0.25) is 0 Å². The van der Waals surface area contributed by atoms with Crippen LogP contribution in [0, 0.1) is 5.92 Å². The van der Waals surface area contributed by atoms with Crippen molar-refractivity contribution in [1.29, 1.82) is 0 Å². The van der Waals surface area contributed by atoms with Crippen LogP contribution in [0.3, 0.4) is 0 Å². The number of ether oxygens (including phenoxy) is 2. The third-order valence-corrected chi connectivity index (χ3v) is 3.30. The molecule has 1 aromatic rings. The lowest BCUT2D eigenvalue weighted by Gasteiger charge is -2.14. The summed E-state index contributed by atoms with van der Waals surface area (Å²) in [6.45, 7) is 6.25. The molecule has 0 aliphatic heterocycles. The van der Waals surface area contributed by atoms with Gasteiger partial charge in [-0.25, -0.2) is 0 Å². The summed E-state index contributed by atoms with van der Waals surface area (Å²) in [6.07, 6.45) is 0. The number of halogens is 1. The number of methoxy groups -OCH3 is 1. The number of aliphatic hydroxyl groups excluding tert-OH is 1. The number of nitrogens with one attached hydrogen (secondary N) is 1. The van der Waals surface area contributed by atoms with Crippen LogP contribution in [-0.2, 0) is 6.54 Å². The molecule has 0 saturated heterocycles. The van der Waals surface area contributed by atoms with E-state index in [9.17, 15) is 0 Å². The van der Waals surface area contributed by atoms with E-state index < -0.39 is 0 Å². The second-order valence-corrected chi connectivity index (χ2v) is 5.32. The molecule has 5 heteroatoms. The predicted molar refractivity (Wildman–Crippen MR) is 79.8 cm³/mol. The summed E-state index contributed by atoms with van der Waals surface area (Å²) >= 11 is 3.50. The van der Waals surface area contributed by atoms with Crippen molar-refractivity contribution in [1.82, 2.24) is 5.32 Å². The van der Waals surface area contributed by atoms with E-state index in [4.69, 9.17) is 14.6 Å². The fourth-order valence-corrected chi connectivity index (χ4v) is 2.29. The Hall–Kier alpha value is -0.780. The van der Waals surface area contributed by atoms with Crippen molar-refractivity contribution >= 4 is 15.9 Å². The van der Waals surface area contributed by atoms with Crippen LogP contribution in [-0.4, -0.2) is 32.0 Å². The number of benzene rings is 1. The second-order valence-electron chi connectivity index (χ2n) is 4.46. The highest BCUT2D eigenvalue weighted by molar-refractivity contribution is 9.10. The Kier molecular flexibility index (Phi) is 7.20. The van der Waals surface area contributed by atoms with Crippen LogP contribution < -0.4 is 14.8 Å². The van der Waals surface area contributed by atoms with Crippen molar-refractivity contribution in [3.8, 4) is 11.5 Å². The third-order valence-electron chi connectivity index (χ3n) is 2.71. The van der Waals surface area contributed by atoms with Crippen LogP contribution in [0.5, 0.6) is 11.5 Å². The molecule has 4 nitrogen and oxygen atoms in total. The minimum absolute atomic E-state index is 0.198. The predicted octanol–water partition coefficient (Wildman–Crippen LogP) is 2.57. The summed E-state index contributed by atoms with van der Waals surface area (Å²) in [5.41, 5.74) is 1.11. The molecule has 0 bridgehead atoms. The Bertz CT molecular complexity index is 399. The fourth-order valence-electron chi connectivity index (χ4n) is 1.69. The Labute approximate surface area is 123 Å². The molecule has 1 aromatic carbocycles. The normalized spacial score (nSPS) is 12.3. The molecule has 0 saturated carbocycles. The van der Waals surface area contributed by atoms with Crippen molar-refractivity contribution < 1.29 is 14.6 Å². The molecule has 0 radical (unpaired) electrons. The van der Waals surface area contributed by atoms with E-state index in [1.54, 1.807) is 7.11 Å². The molecule has 0 heterocycles. The number of rotatable bonds is 8. The average molecular weight is 332 g/mol. The Morgan fingerprint density at radius 3 is 2.74 bits per heavy atom. The molecular formula is C14H22BrNO3. The first-order valence-electron chi connectivity index (χ1n) is 6.43. The van der Waals surface area contributed by atoms with Gasteiger partial charge in [-0.1, -0.05) is 6.92 Å². The van der Waals surface area contributed by atoms with Gasteiger partial charge >= 0.3 is 0 Å². The summed E-state index contributed by atoms with van der Waals surface area (Å²) < 4.78 is 11.8. The summed E-state index contributed by atoms with van der Waals surface area (Å²) in [4.78, 5) is 0.